The number of hydrogen-bond acceptors (Lipinski definition) is 2. The maximum absolute atomic E-state index is 12.5. The second kappa shape index (κ2) is 5.34. The summed E-state index contributed by atoms with van der Waals surface area (Å²) < 4.78 is 0. The van der Waals surface area contributed by atoms with Crippen LogP contribution >= 0.6 is 0 Å². The first-order chi connectivity index (χ1) is 10.1. The number of aliphatic hydroxyl groups is 1. The number of carbonyl (C=O) groups excluding carboxylic acids is 1. The van der Waals surface area contributed by atoms with Gasteiger partial charge in [0.05, 0.1) is 12.1 Å². The first-order valence-corrected chi connectivity index (χ1v) is 7.21. The van der Waals surface area contributed by atoms with Crippen LogP contribution in [0.15, 0.2) is 42.5 Å². The molecule has 0 saturated heterocycles. The molecule has 2 aromatic carbocycles. The van der Waals surface area contributed by atoms with Crippen molar-refractivity contribution >= 4 is 5.91 Å². The summed E-state index contributed by atoms with van der Waals surface area (Å²) in [6.45, 7) is 3.94. The molecule has 1 aliphatic rings. The molecule has 0 aromatic heterocycles. The summed E-state index contributed by atoms with van der Waals surface area (Å²) in [5.74, 6) is -0.128. The Morgan fingerprint density at radius 2 is 1.90 bits per heavy atom. The SMILES string of the molecule is Cc1cccc(C(=O)NC2c3ccccc3CC2O)c1C. The summed E-state index contributed by atoms with van der Waals surface area (Å²) in [7, 11) is 0. The van der Waals surface area contributed by atoms with Crippen LogP contribution in [0.25, 0.3) is 0 Å². The van der Waals surface area contributed by atoms with E-state index in [0.29, 0.717) is 12.0 Å². The van der Waals surface area contributed by atoms with Crippen LogP contribution in [0.2, 0.25) is 0 Å². The Bertz CT molecular complexity index is 693. The van der Waals surface area contributed by atoms with E-state index in [2.05, 4.69) is 5.32 Å². The second-order valence-corrected chi connectivity index (χ2v) is 5.67. The van der Waals surface area contributed by atoms with Crippen LogP contribution in [0.4, 0.5) is 0 Å². The van der Waals surface area contributed by atoms with Crippen molar-refractivity contribution < 1.29 is 9.90 Å². The number of nitrogens with one attached hydrogen (secondary N) is 1. The lowest BCUT2D eigenvalue weighted by atomic mass is 10.0. The Balaban J connectivity index is 1.87. The molecule has 2 aromatic rings. The van der Waals surface area contributed by atoms with Crippen molar-refractivity contribution in [1.82, 2.24) is 5.32 Å². The number of aliphatic hydroxyl groups excluding tert-OH is 1. The molecular weight excluding hydrogens is 262 g/mol. The van der Waals surface area contributed by atoms with Crippen LogP contribution in [0.5, 0.6) is 0 Å². The highest BCUT2D eigenvalue weighted by atomic mass is 16.3. The van der Waals surface area contributed by atoms with Crippen LogP contribution in [-0.2, 0) is 6.42 Å². The molecule has 2 unspecified atom stereocenters. The average molecular weight is 281 g/mol. The van der Waals surface area contributed by atoms with E-state index in [-0.39, 0.29) is 11.9 Å². The molecule has 21 heavy (non-hydrogen) atoms. The quantitative estimate of drug-likeness (QED) is 0.889. The molecule has 3 nitrogen and oxygen atoms in total. The number of amides is 1. The van der Waals surface area contributed by atoms with Crippen molar-refractivity contribution in [1.29, 1.82) is 0 Å². The molecule has 0 radical (unpaired) electrons. The van der Waals surface area contributed by atoms with Crippen LogP contribution < -0.4 is 5.32 Å². The molecule has 2 N–H and O–H groups in total. The molecule has 0 spiro atoms. The van der Waals surface area contributed by atoms with Gasteiger partial charge in [-0.1, -0.05) is 36.4 Å². The molecule has 3 heteroatoms. The predicted molar refractivity (Wildman–Crippen MR) is 82.3 cm³/mol. The van der Waals surface area contributed by atoms with Crippen LogP contribution in [0, 0.1) is 13.8 Å². The summed E-state index contributed by atoms with van der Waals surface area (Å²) in [5, 5.41) is 13.2. The van der Waals surface area contributed by atoms with E-state index in [1.54, 1.807) is 0 Å². The van der Waals surface area contributed by atoms with E-state index in [1.807, 2.05) is 56.3 Å². The number of hydrogen-bond donors (Lipinski definition) is 2. The molecule has 1 amide bonds. The van der Waals surface area contributed by atoms with E-state index in [0.717, 1.165) is 22.3 Å². The minimum Gasteiger partial charge on any atom is -0.390 e. The monoisotopic (exact) mass is 281 g/mol. The van der Waals surface area contributed by atoms with E-state index >= 15 is 0 Å². The van der Waals surface area contributed by atoms with Gasteiger partial charge in [0, 0.05) is 12.0 Å². The minimum absolute atomic E-state index is 0.128. The van der Waals surface area contributed by atoms with E-state index in [1.165, 1.54) is 0 Å². The Hall–Kier alpha value is -2.13. The number of benzene rings is 2. The zero-order valence-corrected chi connectivity index (χ0v) is 12.3. The maximum atomic E-state index is 12.5. The third-order valence-corrected chi connectivity index (χ3v) is 4.34. The summed E-state index contributed by atoms with van der Waals surface area (Å²) in [5.41, 5.74) is 4.87. The smallest absolute Gasteiger partial charge is 0.252 e. The van der Waals surface area contributed by atoms with Gasteiger partial charge in [0.25, 0.3) is 5.91 Å². The van der Waals surface area contributed by atoms with Gasteiger partial charge < -0.3 is 10.4 Å². The zero-order valence-electron chi connectivity index (χ0n) is 12.3. The molecule has 0 bridgehead atoms. The molecule has 108 valence electrons. The molecule has 0 heterocycles. The first-order valence-electron chi connectivity index (χ1n) is 7.21. The van der Waals surface area contributed by atoms with Gasteiger partial charge in [-0.15, -0.1) is 0 Å². The fourth-order valence-electron chi connectivity index (χ4n) is 2.96. The highest BCUT2D eigenvalue weighted by molar-refractivity contribution is 5.96. The van der Waals surface area contributed by atoms with E-state index in [4.69, 9.17) is 0 Å². The van der Waals surface area contributed by atoms with Crippen LogP contribution in [0.3, 0.4) is 0 Å². The Morgan fingerprint density at radius 1 is 1.14 bits per heavy atom. The maximum Gasteiger partial charge on any atom is 0.252 e. The van der Waals surface area contributed by atoms with Crippen molar-refractivity contribution in [2.45, 2.75) is 32.4 Å². The van der Waals surface area contributed by atoms with Crippen LogP contribution in [0.1, 0.15) is 38.7 Å². The van der Waals surface area contributed by atoms with Crippen LogP contribution in [-0.4, -0.2) is 17.1 Å². The Kier molecular flexibility index (Phi) is 3.52. The van der Waals surface area contributed by atoms with Crippen molar-refractivity contribution in [3.8, 4) is 0 Å². The van der Waals surface area contributed by atoms with Gasteiger partial charge in [0.2, 0.25) is 0 Å². The molecule has 0 fully saturated rings. The molecular formula is C18H19NO2. The molecule has 0 aliphatic heterocycles. The van der Waals surface area contributed by atoms with E-state index in [9.17, 15) is 9.90 Å². The molecule has 1 aliphatic carbocycles. The lowest BCUT2D eigenvalue weighted by Crippen LogP contribution is -2.34. The van der Waals surface area contributed by atoms with Gasteiger partial charge >= 0.3 is 0 Å². The normalized spacial score (nSPS) is 20.1. The second-order valence-electron chi connectivity index (χ2n) is 5.67. The standard InChI is InChI=1S/C18H19NO2/c1-11-6-5-9-14(12(11)2)18(21)19-17-15-8-4-3-7-13(15)10-16(17)20/h3-9,16-17,20H,10H2,1-2H3,(H,19,21). The predicted octanol–water partition coefficient (Wildman–Crippen LogP) is 2.69. The third-order valence-electron chi connectivity index (χ3n) is 4.34. The van der Waals surface area contributed by atoms with Crippen molar-refractivity contribution in [3.63, 3.8) is 0 Å². The lowest BCUT2D eigenvalue weighted by molar-refractivity contribution is 0.0857. The van der Waals surface area contributed by atoms with Gasteiger partial charge in [-0.25, -0.2) is 0 Å². The number of aryl methyl sites for hydroxylation is 1. The highest BCUT2D eigenvalue weighted by Gasteiger charge is 2.32. The fraction of sp³-hybridized carbons (Fsp3) is 0.278. The topological polar surface area (TPSA) is 49.3 Å². The van der Waals surface area contributed by atoms with Gasteiger partial charge in [-0.05, 0) is 42.2 Å². The summed E-state index contributed by atoms with van der Waals surface area (Å²) in [6.07, 6.45) is 0.0324. The summed E-state index contributed by atoms with van der Waals surface area (Å²) in [4.78, 5) is 12.5. The number of rotatable bonds is 2. The molecule has 0 saturated carbocycles. The number of fused-ring (bicyclic) bond motifs is 1. The Labute approximate surface area is 124 Å². The minimum atomic E-state index is -0.559. The van der Waals surface area contributed by atoms with E-state index < -0.39 is 6.10 Å². The van der Waals surface area contributed by atoms with Crippen molar-refractivity contribution in [3.05, 3.63) is 70.3 Å². The van der Waals surface area contributed by atoms with Gasteiger partial charge in [0.15, 0.2) is 0 Å². The summed E-state index contributed by atoms with van der Waals surface area (Å²) in [6, 6.07) is 13.2. The van der Waals surface area contributed by atoms with Crippen molar-refractivity contribution in [2.75, 3.05) is 0 Å². The van der Waals surface area contributed by atoms with Gasteiger partial charge in [-0.3, -0.25) is 4.79 Å². The van der Waals surface area contributed by atoms with Crippen molar-refractivity contribution in [2.24, 2.45) is 0 Å². The average Bonchev–Trinajstić information content (AvgIpc) is 2.78. The first kappa shape index (κ1) is 13.8. The summed E-state index contributed by atoms with van der Waals surface area (Å²) >= 11 is 0. The molecule has 3 rings (SSSR count). The lowest BCUT2D eigenvalue weighted by Gasteiger charge is -2.19. The zero-order chi connectivity index (χ0) is 15.0. The molecule has 2 atom stereocenters. The third kappa shape index (κ3) is 2.45. The number of carbonyl (C=O) groups is 1. The fourth-order valence-corrected chi connectivity index (χ4v) is 2.96. The highest BCUT2D eigenvalue weighted by Crippen LogP contribution is 2.31. The largest absolute Gasteiger partial charge is 0.390 e. The van der Waals surface area contributed by atoms with Gasteiger partial charge in [-0.2, -0.15) is 0 Å². The van der Waals surface area contributed by atoms with Gasteiger partial charge in [0.1, 0.15) is 0 Å². The Morgan fingerprint density at radius 3 is 2.71 bits per heavy atom.